The first-order valence-corrected chi connectivity index (χ1v) is 7.87. The summed E-state index contributed by atoms with van der Waals surface area (Å²) in [4.78, 5) is 10.3. The van der Waals surface area contributed by atoms with E-state index < -0.39 is 0 Å². The molecule has 0 rings (SSSR count). The lowest BCUT2D eigenvalue weighted by molar-refractivity contribution is 0.000424. The molecule has 0 fully saturated rings. The lowest BCUT2D eigenvalue weighted by Gasteiger charge is -2.17. The molecule has 0 aromatic carbocycles. The van der Waals surface area contributed by atoms with Crippen molar-refractivity contribution in [1.29, 1.82) is 0 Å². The molecule has 0 bridgehead atoms. The fourth-order valence-corrected chi connectivity index (χ4v) is 0.685. The minimum atomic E-state index is -0.179. The topological polar surface area (TPSA) is 43.2 Å². The quantitative estimate of drug-likeness (QED) is 0.487. The van der Waals surface area contributed by atoms with Crippen molar-refractivity contribution in [3.63, 3.8) is 0 Å². The first-order chi connectivity index (χ1) is 9.41. The molecule has 0 amide bonds. The van der Waals surface area contributed by atoms with Gasteiger partial charge in [-0.05, 0) is 41.5 Å². The highest BCUT2D eigenvalue weighted by Gasteiger charge is 2.12. The molecule has 4 heteroatoms. The molecule has 22 heavy (non-hydrogen) atoms. The van der Waals surface area contributed by atoms with Crippen molar-refractivity contribution in [2.75, 3.05) is 0 Å². The molecule has 0 aliphatic heterocycles. The van der Waals surface area contributed by atoms with E-state index in [-0.39, 0.29) is 22.0 Å². The van der Waals surface area contributed by atoms with Crippen molar-refractivity contribution in [2.24, 2.45) is 21.1 Å². The van der Waals surface area contributed by atoms with Crippen LogP contribution in [0.3, 0.4) is 0 Å². The summed E-state index contributed by atoms with van der Waals surface area (Å²) in [7, 11) is 0. The summed E-state index contributed by atoms with van der Waals surface area (Å²) in [6.45, 7) is 24.4. The molecule has 0 spiro atoms. The lowest BCUT2D eigenvalue weighted by Crippen LogP contribution is -2.17. The number of rotatable bonds is 2. The van der Waals surface area contributed by atoms with Crippen molar-refractivity contribution in [3.8, 4) is 0 Å². The molecule has 0 aliphatic rings. The zero-order valence-corrected chi connectivity index (χ0v) is 16.9. The number of nitrogens with zero attached hydrogens (tertiary/aromatic N) is 2. The molecule has 0 aliphatic carbocycles. The van der Waals surface area contributed by atoms with Crippen LogP contribution in [0.1, 0.15) is 83.1 Å². The van der Waals surface area contributed by atoms with Gasteiger partial charge >= 0.3 is 0 Å². The second-order valence-corrected chi connectivity index (χ2v) is 9.61. The van der Waals surface area contributed by atoms with E-state index in [1.165, 1.54) is 0 Å². The zero-order chi connectivity index (χ0) is 18.2. The van der Waals surface area contributed by atoms with E-state index in [9.17, 15) is 0 Å². The third-order valence-corrected chi connectivity index (χ3v) is 1.53. The van der Waals surface area contributed by atoms with Crippen molar-refractivity contribution in [1.82, 2.24) is 0 Å². The van der Waals surface area contributed by atoms with Crippen LogP contribution in [0.2, 0.25) is 0 Å². The summed E-state index contributed by atoms with van der Waals surface area (Å²) < 4.78 is 0. The fraction of sp³-hybridized carbons (Fsp3) is 0.889. The molecule has 0 aromatic rings. The summed E-state index contributed by atoms with van der Waals surface area (Å²) in [5.74, 6) is 0. The van der Waals surface area contributed by atoms with Gasteiger partial charge in [0.2, 0.25) is 0 Å². The Morgan fingerprint density at radius 3 is 0.864 bits per heavy atom. The maximum Gasteiger partial charge on any atom is 0.129 e. The number of oxime groups is 2. The molecular formula is C18H38N2O2. The molecule has 0 N–H and O–H groups in total. The molecule has 4 nitrogen and oxygen atoms in total. The van der Waals surface area contributed by atoms with Crippen LogP contribution in [0.25, 0.3) is 0 Å². The summed E-state index contributed by atoms with van der Waals surface area (Å²) in [5.41, 5.74) is -0.153. The minimum absolute atomic E-state index is 0.102. The fourth-order valence-electron chi connectivity index (χ4n) is 0.685. The van der Waals surface area contributed by atoms with E-state index in [0.717, 1.165) is 0 Å². The van der Waals surface area contributed by atoms with E-state index in [4.69, 9.17) is 9.68 Å². The Morgan fingerprint density at radius 2 is 0.727 bits per heavy atom. The van der Waals surface area contributed by atoms with Crippen LogP contribution in [0.5, 0.6) is 0 Å². The van der Waals surface area contributed by atoms with Crippen LogP contribution in [-0.4, -0.2) is 23.6 Å². The van der Waals surface area contributed by atoms with Gasteiger partial charge in [0.05, 0.1) is 0 Å². The van der Waals surface area contributed by atoms with Crippen molar-refractivity contribution in [3.05, 3.63) is 0 Å². The van der Waals surface area contributed by atoms with E-state index in [1.807, 2.05) is 54.0 Å². The highest BCUT2D eigenvalue weighted by molar-refractivity contribution is 5.63. The molecule has 0 saturated heterocycles. The highest BCUT2D eigenvalue weighted by Crippen LogP contribution is 2.12. The van der Waals surface area contributed by atoms with Crippen molar-refractivity contribution in [2.45, 2.75) is 94.3 Å². The maximum absolute atomic E-state index is 5.17. The largest absolute Gasteiger partial charge is 0.390 e. The van der Waals surface area contributed by atoms with Crippen LogP contribution in [0.4, 0.5) is 0 Å². The van der Waals surface area contributed by atoms with Crippen LogP contribution in [0, 0.1) is 10.8 Å². The molecule has 0 heterocycles. The number of hydrogen-bond acceptors (Lipinski definition) is 4. The van der Waals surface area contributed by atoms with Gasteiger partial charge in [0, 0.05) is 23.3 Å². The summed E-state index contributed by atoms with van der Waals surface area (Å²) in [6, 6.07) is 0. The Bertz CT molecular complexity index is 309. The molecule has 0 aromatic heterocycles. The van der Waals surface area contributed by atoms with Gasteiger partial charge in [0.1, 0.15) is 11.2 Å². The average Bonchev–Trinajstić information content (AvgIpc) is 2.08. The van der Waals surface area contributed by atoms with E-state index >= 15 is 0 Å². The average molecular weight is 315 g/mol. The van der Waals surface area contributed by atoms with E-state index in [0.29, 0.717) is 0 Å². The SMILES string of the molecule is CC(C)(C)/C=N/OC(C)(C)C.CC(C)(C)/C=N/OC(C)(C)C. The van der Waals surface area contributed by atoms with Gasteiger partial charge in [-0.25, -0.2) is 0 Å². The third kappa shape index (κ3) is 27.3. The van der Waals surface area contributed by atoms with Gasteiger partial charge in [0.15, 0.2) is 0 Å². The van der Waals surface area contributed by atoms with Gasteiger partial charge in [-0.2, -0.15) is 0 Å². The molecule has 0 atom stereocenters. The normalized spacial score (nSPS) is 14.0. The van der Waals surface area contributed by atoms with E-state index in [2.05, 4.69) is 51.9 Å². The predicted octanol–water partition coefficient (Wildman–Crippen LogP) is 5.67. The Kier molecular flexibility index (Phi) is 9.01. The van der Waals surface area contributed by atoms with Gasteiger partial charge < -0.3 is 9.68 Å². The standard InChI is InChI=1S/2C9H19NO/c2*1-8(2,3)7-10-11-9(4,5)6/h2*7H,1-6H3/b2*10-7+. The maximum atomic E-state index is 5.17. The van der Waals surface area contributed by atoms with Crippen LogP contribution in [-0.2, 0) is 9.68 Å². The molecule has 0 saturated carbocycles. The highest BCUT2D eigenvalue weighted by atomic mass is 16.6. The minimum Gasteiger partial charge on any atom is -0.390 e. The van der Waals surface area contributed by atoms with Gasteiger partial charge in [-0.15, -0.1) is 0 Å². The first kappa shape index (κ1) is 23.2. The second-order valence-electron chi connectivity index (χ2n) is 9.61. The van der Waals surface area contributed by atoms with Gasteiger partial charge in [-0.3, -0.25) is 0 Å². The van der Waals surface area contributed by atoms with Crippen molar-refractivity contribution < 1.29 is 9.68 Å². The Morgan fingerprint density at radius 1 is 0.500 bits per heavy atom. The Hall–Kier alpha value is -1.06. The summed E-state index contributed by atoms with van der Waals surface area (Å²) in [6.07, 6.45) is 3.64. The third-order valence-electron chi connectivity index (χ3n) is 1.53. The van der Waals surface area contributed by atoms with Crippen LogP contribution < -0.4 is 0 Å². The lowest BCUT2D eigenvalue weighted by atomic mass is 9.99. The Balaban J connectivity index is 0. The molecular weight excluding hydrogens is 276 g/mol. The number of hydrogen-bond donors (Lipinski definition) is 0. The monoisotopic (exact) mass is 314 g/mol. The molecule has 0 unspecified atom stereocenters. The van der Waals surface area contributed by atoms with Gasteiger partial charge in [-0.1, -0.05) is 51.9 Å². The van der Waals surface area contributed by atoms with Crippen LogP contribution >= 0.6 is 0 Å². The van der Waals surface area contributed by atoms with Gasteiger partial charge in [0.25, 0.3) is 0 Å². The Labute approximate surface area is 138 Å². The van der Waals surface area contributed by atoms with Crippen molar-refractivity contribution >= 4 is 12.4 Å². The second kappa shape index (κ2) is 8.54. The predicted molar refractivity (Wildman–Crippen MR) is 97.6 cm³/mol. The summed E-state index contributed by atoms with van der Waals surface area (Å²) in [5, 5.41) is 7.78. The molecule has 0 radical (unpaired) electrons. The smallest absolute Gasteiger partial charge is 0.129 e. The zero-order valence-electron chi connectivity index (χ0n) is 16.9. The molecule has 132 valence electrons. The summed E-state index contributed by atoms with van der Waals surface area (Å²) >= 11 is 0. The van der Waals surface area contributed by atoms with Crippen LogP contribution in [0.15, 0.2) is 10.3 Å². The van der Waals surface area contributed by atoms with E-state index in [1.54, 1.807) is 0 Å². The first-order valence-electron chi connectivity index (χ1n) is 7.87.